The van der Waals surface area contributed by atoms with Crippen LogP contribution in [0, 0.1) is 23.2 Å². The van der Waals surface area contributed by atoms with Crippen molar-refractivity contribution in [2.45, 2.75) is 64.9 Å². The molecule has 0 amide bonds. The van der Waals surface area contributed by atoms with Crippen LogP contribution in [0.4, 0.5) is 0 Å². The first-order valence-corrected chi connectivity index (χ1v) is 8.33. The lowest BCUT2D eigenvalue weighted by Crippen LogP contribution is -2.39. The van der Waals surface area contributed by atoms with Crippen LogP contribution in [-0.4, -0.2) is 17.9 Å². The predicted octanol–water partition coefficient (Wildman–Crippen LogP) is 3.67. The minimum absolute atomic E-state index is 0.00180. The van der Waals surface area contributed by atoms with Crippen molar-refractivity contribution < 1.29 is 14.3 Å². The fourth-order valence-electron chi connectivity index (χ4n) is 5.25. The van der Waals surface area contributed by atoms with Crippen molar-refractivity contribution in [1.82, 2.24) is 0 Å². The smallest absolute Gasteiger partial charge is 0.333 e. The van der Waals surface area contributed by atoms with Crippen molar-refractivity contribution in [1.29, 1.82) is 0 Å². The van der Waals surface area contributed by atoms with Crippen LogP contribution in [0.15, 0.2) is 12.2 Å². The molecule has 2 aliphatic carbocycles. The Labute approximate surface area is 127 Å². The van der Waals surface area contributed by atoms with E-state index in [4.69, 9.17) is 4.74 Å². The Morgan fingerprint density at radius 2 is 2.14 bits per heavy atom. The van der Waals surface area contributed by atoms with E-state index in [0.29, 0.717) is 29.6 Å². The molecule has 3 heteroatoms. The number of cyclic esters (lactones) is 1. The van der Waals surface area contributed by atoms with Gasteiger partial charge < -0.3 is 4.74 Å². The molecule has 0 radical (unpaired) electrons. The maximum absolute atomic E-state index is 12.2. The van der Waals surface area contributed by atoms with Crippen LogP contribution < -0.4 is 0 Å². The number of carbonyl (C=O) groups excluding carboxylic acids is 2. The highest BCUT2D eigenvalue weighted by Gasteiger charge is 2.52. The summed E-state index contributed by atoms with van der Waals surface area (Å²) in [4.78, 5) is 23.7. The Kier molecular flexibility index (Phi) is 3.71. The molecule has 4 unspecified atom stereocenters. The van der Waals surface area contributed by atoms with Gasteiger partial charge in [-0.3, -0.25) is 4.79 Å². The second-order valence-electron chi connectivity index (χ2n) is 7.61. The lowest BCUT2D eigenvalue weighted by atomic mass is 9.62. The van der Waals surface area contributed by atoms with E-state index in [1.165, 1.54) is 6.42 Å². The first kappa shape index (κ1) is 14.8. The van der Waals surface area contributed by atoms with Gasteiger partial charge in [-0.25, -0.2) is 4.79 Å². The molecule has 1 aliphatic heterocycles. The van der Waals surface area contributed by atoms with Gasteiger partial charge in [-0.15, -0.1) is 0 Å². The molecular weight excluding hydrogens is 264 g/mol. The highest BCUT2D eigenvalue weighted by atomic mass is 16.5. The maximum atomic E-state index is 12.2. The van der Waals surface area contributed by atoms with Gasteiger partial charge in [-0.1, -0.05) is 20.4 Å². The van der Waals surface area contributed by atoms with E-state index in [0.717, 1.165) is 32.1 Å². The van der Waals surface area contributed by atoms with Crippen LogP contribution in [-0.2, 0) is 14.3 Å². The lowest BCUT2D eigenvalue weighted by molar-refractivity contribution is -0.139. The molecule has 5 atom stereocenters. The molecule has 3 aliphatic rings. The normalized spacial score (nSPS) is 41.0. The van der Waals surface area contributed by atoms with Crippen LogP contribution in [0.1, 0.15) is 58.8 Å². The third kappa shape index (κ3) is 2.45. The molecule has 3 nitrogen and oxygen atoms in total. The second-order valence-corrected chi connectivity index (χ2v) is 7.61. The van der Waals surface area contributed by atoms with Gasteiger partial charge in [0.25, 0.3) is 0 Å². The minimum atomic E-state index is -0.226. The molecular formula is C18H26O3. The Hall–Kier alpha value is -1.12. The van der Waals surface area contributed by atoms with Crippen molar-refractivity contribution in [2.24, 2.45) is 23.2 Å². The lowest BCUT2D eigenvalue weighted by Gasteiger charge is -2.42. The van der Waals surface area contributed by atoms with E-state index in [-0.39, 0.29) is 23.4 Å². The van der Waals surface area contributed by atoms with Crippen LogP contribution in [0.3, 0.4) is 0 Å². The van der Waals surface area contributed by atoms with Crippen molar-refractivity contribution in [3.05, 3.63) is 12.2 Å². The number of hydrogen-bond donors (Lipinski definition) is 0. The minimum Gasteiger partial charge on any atom is -0.459 e. The molecule has 0 bridgehead atoms. The van der Waals surface area contributed by atoms with Crippen molar-refractivity contribution >= 4 is 11.8 Å². The Morgan fingerprint density at radius 1 is 1.38 bits per heavy atom. The zero-order valence-corrected chi connectivity index (χ0v) is 13.2. The fraction of sp³-hybridized carbons (Fsp3) is 0.778. The van der Waals surface area contributed by atoms with Crippen LogP contribution in [0.2, 0.25) is 0 Å². The monoisotopic (exact) mass is 290 g/mol. The highest BCUT2D eigenvalue weighted by Crippen LogP contribution is 2.57. The Bertz CT molecular complexity index is 465. The summed E-state index contributed by atoms with van der Waals surface area (Å²) >= 11 is 0. The Morgan fingerprint density at radius 3 is 2.81 bits per heavy atom. The average Bonchev–Trinajstić information content (AvgIpc) is 2.91. The van der Waals surface area contributed by atoms with Crippen molar-refractivity contribution in [3.63, 3.8) is 0 Å². The summed E-state index contributed by atoms with van der Waals surface area (Å²) in [6.07, 6.45) is 6.79. The SMILES string of the molecule is C=C1CC(C[C@@H](C)C2CCC3C(=O)CCCC32C)OC1=O. The summed E-state index contributed by atoms with van der Waals surface area (Å²) in [7, 11) is 0. The predicted molar refractivity (Wildman–Crippen MR) is 80.6 cm³/mol. The number of carbonyl (C=O) groups is 2. The highest BCUT2D eigenvalue weighted by molar-refractivity contribution is 5.89. The molecule has 0 aromatic rings. The largest absolute Gasteiger partial charge is 0.459 e. The van der Waals surface area contributed by atoms with Gasteiger partial charge >= 0.3 is 5.97 Å². The van der Waals surface area contributed by atoms with Gasteiger partial charge in [0.05, 0.1) is 0 Å². The molecule has 0 spiro atoms. The van der Waals surface area contributed by atoms with Crippen molar-refractivity contribution in [2.75, 3.05) is 0 Å². The molecule has 3 fully saturated rings. The molecule has 1 saturated heterocycles. The number of rotatable bonds is 3. The zero-order chi connectivity index (χ0) is 15.2. The van der Waals surface area contributed by atoms with Crippen molar-refractivity contribution in [3.8, 4) is 0 Å². The van der Waals surface area contributed by atoms with Gasteiger partial charge in [0.15, 0.2) is 0 Å². The first-order valence-electron chi connectivity index (χ1n) is 8.33. The summed E-state index contributed by atoms with van der Waals surface area (Å²) in [6, 6.07) is 0. The average molecular weight is 290 g/mol. The number of hydrogen-bond acceptors (Lipinski definition) is 3. The Balaban J connectivity index is 1.68. The molecule has 116 valence electrons. The van der Waals surface area contributed by atoms with Crippen LogP contribution in [0.5, 0.6) is 0 Å². The van der Waals surface area contributed by atoms with E-state index >= 15 is 0 Å². The second kappa shape index (κ2) is 5.26. The topological polar surface area (TPSA) is 43.4 Å². The number of ether oxygens (including phenoxy) is 1. The quantitative estimate of drug-likeness (QED) is 0.588. The molecule has 21 heavy (non-hydrogen) atoms. The number of esters is 1. The zero-order valence-electron chi connectivity index (χ0n) is 13.2. The standard InChI is InChI=1S/C18H26O3/c1-11(9-13-10-12(2)17(20)21-13)14-6-7-15-16(19)5-4-8-18(14,15)3/h11,13-15H,2,4-10H2,1,3H3/t11-,13?,14?,15?,18?/m1/s1. The van der Waals surface area contributed by atoms with E-state index in [1.807, 2.05) is 0 Å². The summed E-state index contributed by atoms with van der Waals surface area (Å²) in [5.41, 5.74) is 0.782. The molecule has 0 aromatic heterocycles. The maximum Gasteiger partial charge on any atom is 0.333 e. The van der Waals surface area contributed by atoms with E-state index in [2.05, 4.69) is 20.4 Å². The summed E-state index contributed by atoms with van der Waals surface area (Å²) in [5, 5.41) is 0. The van der Waals surface area contributed by atoms with E-state index in [9.17, 15) is 9.59 Å². The van der Waals surface area contributed by atoms with Gasteiger partial charge in [0, 0.05) is 24.3 Å². The third-order valence-corrected chi connectivity index (χ3v) is 6.29. The molecule has 1 heterocycles. The van der Waals surface area contributed by atoms with Gasteiger partial charge in [0.2, 0.25) is 0 Å². The first-order chi connectivity index (χ1) is 9.91. The van der Waals surface area contributed by atoms with Gasteiger partial charge in [-0.05, 0) is 49.4 Å². The van der Waals surface area contributed by atoms with Gasteiger partial charge in [-0.2, -0.15) is 0 Å². The molecule has 2 saturated carbocycles. The summed E-state index contributed by atoms with van der Waals surface area (Å²) < 4.78 is 5.39. The molecule has 3 rings (SSSR count). The third-order valence-electron chi connectivity index (χ3n) is 6.29. The number of ketones is 1. The van der Waals surface area contributed by atoms with Gasteiger partial charge in [0.1, 0.15) is 11.9 Å². The summed E-state index contributed by atoms with van der Waals surface area (Å²) in [6.45, 7) is 8.35. The summed E-state index contributed by atoms with van der Waals surface area (Å²) in [5.74, 6) is 1.61. The molecule has 0 N–H and O–H groups in total. The van der Waals surface area contributed by atoms with Crippen LogP contribution in [0.25, 0.3) is 0 Å². The number of fused-ring (bicyclic) bond motifs is 1. The fourth-order valence-corrected chi connectivity index (χ4v) is 5.25. The number of Topliss-reactive ketones (excluding diaryl/α,β-unsaturated/α-hetero) is 1. The molecule has 0 aromatic carbocycles. The van der Waals surface area contributed by atoms with Crippen LogP contribution >= 0.6 is 0 Å². The van der Waals surface area contributed by atoms with E-state index in [1.54, 1.807) is 0 Å². The van der Waals surface area contributed by atoms with E-state index < -0.39 is 0 Å².